The Balaban J connectivity index is 1.20. The molecular formula is C41H44ClFN4O6. The van der Waals surface area contributed by atoms with Crippen molar-refractivity contribution in [3.05, 3.63) is 88.8 Å². The van der Waals surface area contributed by atoms with Gasteiger partial charge in [0.05, 0.1) is 54.7 Å². The number of likely N-dealkylation sites (tertiary alicyclic amines) is 1. The minimum atomic E-state index is -0.853. The Bertz CT molecular complexity index is 2140. The molecule has 4 aromatic carbocycles. The van der Waals surface area contributed by atoms with E-state index in [9.17, 15) is 9.90 Å². The number of halogens is 2. The van der Waals surface area contributed by atoms with Crippen molar-refractivity contribution >= 4 is 28.5 Å². The summed E-state index contributed by atoms with van der Waals surface area (Å²) in [5.41, 5.74) is 5.03. The Kier molecular flexibility index (Phi) is 10.4. The zero-order valence-corrected chi connectivity index (χ0v) is 31.4. The molecule has 2 aliphatic heterocycles. The smallest absolute Gasteiger partial charge is 0.311 e. The zero-order chi connectivity index (χ0) is 37.4. The number of ether oxygens (including phenoxy) is 4. The van der Waals surface area contributed by atoms with Crippen LogP contribution in [0.25, 0.3) is 38.8 Å². The van der Waals surface area contributed by atoms with Crippen molar-refractivity contribution in [1.82, 2.24) is 19.6 Å². The number of hydrogen-bond acceptors (Lipinski definition) is 8. The lowest BCUT2D eigenvalue weighted by molar-refractivity contribution is -0.159. The molecule has 3 heterocycles. The van der Waals surface area contributed by atoms with Crippen molar-refractivity contribution in [1.29, 1.82) is 0 Å². The fourth-order valence-corrected chi connectivity index (χ4v) is 8.06. The van der Waals surface area contributed by atoms with Crippen molar-refractivity contribution in [3.63, 3.8) is 0 Å². The number of fused-ring (bicyclic) bond motifs is 1. The van der Waals surface area contributed by atoms with Crippen molar-refractivity contribution in [2.75, 3.05) is 54.7 Å². The number of methoxy groups -OCH3 is 3. The van der Waals surface area contributed by atoms with Crippen LogP contribution in [0.1, 0.15) is 30.9 Å². The Morgan fingerprint density at radius 3 is 2.25 bits per heavy atom. The second-order valence-corrected chi connectivity index (χ2v) is 14.6. The molecule has 12 heteroatoms. The Morgan fingerprint density at radius 2 is 1.58 bits per heavy atom. The molecule has 278 valence electrons. The van der Waals surface area contributed by atoms with Crippen molar-refractivity contribution in [2.45, 2.75) is 38.9 Å². The summed E-state index contributed by atoms with van der Waals surface area (Å²) in [5, 5.41) is 15.6. The molecule has 53 heavy (non-hydrogen) atoms. The lowest BCUT2D eigenvalue weighted by atomic mass is 9.82. The molecule has 1 aromatic heterocycles. The Morgan fingerprint density at radius 1 is 0.962 bits per heavy atom. The maximum Gasteiger partial charge on any atom is 0.311 e. The van der Waals surface area contributed by atoms with E-state index in [0.717, 1.165) is 59.3 Å². The number of aromatic nitrogens is 2. The van der Waals surface area contributed by atoms with Gasteiger partial charge in [-0.1, -0.05) is 41.9 Å². The summed E-state index contributed by atoms with van der Waals surface area (Å²) in [6, 6.07) is 19.3. The molecule has 2 aliphatic rings. The van der Waals surface area contributed by atoms with E-state index >= 15 is 4.39 Å². The minimum absolute atomic E-state index is 0.242. The van der Waals surface area contributed by atoms with Gasteiger partial charge in [0.1, 0.15) is 23.1 Å². The van der Waals surface area contributed by atoms with Crippen LogP contribution in [0.4, 0.5) is 4.39 Å². The van der Waals surface area contributed by atoms with Gasteiger partial charge in [-0.15, -0.1) is 0 Å². The number of carboxylic acid groups (broad SMARTS) is 1. The average molecular weight is 743 g/mol. The fourth-order valence-electron chi connectivity index (χ4n) is 7.72. The molecular weight excluding hydrogens is 699 g/mol. The Labute approximate surface area is 313 Å². The molecule has 0 radical (unpaired) electrons. The van der Waals surface area contributed by atoms with Crippen LogP contribution in [-0.2, 0) is 22.6 Å². The predicted octanol–water partition coefficient (Wildman–Crippen LogP) is 7.70. The highest BCUT2D eigenvalue weighted by atomic mass is 35.5. The summed E-state index contributed by atoms with van der Waals surface area (Å²) in [6.07, 6.45) is 3.80. The maximum absolute atomic E-state index is 15.8. The van der Waals surface area contributed by atoms with Gasteiger partial charge in [-0.2, -0.15) is 5.10 Å². The van der Waals surface area contributed by atoms with E-state index in [0.29, 0.717) is 64.6 Å². The largest absolute Gasteiger partial charge is 0.496 e. The number of carboxylic acids is 1. The predicted molar refractivity (Wildman–Crippen MR) is 203 cm³/mol. The van der Waals surface area contributed by atoms with Gasteiger partial charge in [0.25, 0.3) is 0 Å². The second-order valence-electron chi connectivity index (χ2n) is 14.2. The van der Waals surface area contributed by atoms with Gasteiger partial charge in [0.15, 0.2) is 0 Å². The van der Waals surface area contributed by atoms with E-state index in [-0.39, 0.29) is 6.54 Å². The van der Waals surface area contributed by atoms with Crippen LogP contribution in [0.5, 0.6) is 17.2 Å². The van der Waals surface area contributed by atoms with Gasteiger partial charge >= 0.3 is 5.97 Å². The molecule has 10 nitrogen and oxygen atoms in total. The van der Waals surface area contributed by atoms with Crippen LogP contribution in [0.3, 0.4) is 0 Å². The first-order valence-electron chi connectivity index (χ1n) is 17.7. The topological polar surface area (TPSA) is 98.5 Å². The van der Waals surface area contributed by atoms with Crippen LogP contribution in [0, 0.1) is 11.2 Å². The molecule has 2 saturated heterocycles. The highest BCUT2D eigenvalue weighted by Crippen LogP contribution is 2.42. The van der Waals surface area contributed by atoms with Crippen molar-refractivity contribution in [2.24, 2.45) is 5.41 Å². The van der Waals surface area contributed by atoms with Crippen LogP contribution in [0.2, 0.25) is 5.02 Å². The molecule has 0 spiro atoms. The first-order valence-corrected chi connectivity index (χ1v) is 18.0. The number of aliphatic carboxylic acids is 1. The molecule has 1 N–H and O–H groups in total. The lowest BCUT2D eigenvalue weighted by Gasteiger charge is -2.45. The molecule has 0 amide bonds. The van der Waals surface area contributed by atoms with Crippen LogP contribution >= 0.6 is 11.6 Å². The Hall–Kier alpha value is -4.68. The van der Waals surface area contributed by atoms with Crippen LogP contribution in [-0.4, -0.2) is 91.4 Å². The number of nitrogens with zero attached hydrogens (tertiary/aromatic N) is 4. The van der Waals surface area contributed by atoms with E-state index in [2.05, 4.69) is 11.9 Å². The molecule has 5 aromatic rings. The van der Waals surface area contributed by atoms with Gasteiger partial charge in [-0.3, -0.25) is 14.6 Å². The van der Waals surface area contributed by atoms with Crippen LogP contribution in [0.15, 0.2) is 66.9 Å². The maximum atomic E-state index is 15.8. The quantitative estimate of drug-likeness (QED) is 0.138. The van der Waals surface area contributed by atoms with E-state index < -0.39 is 17.2 Å². The first-order chi connectivity index (χ1) is 25.5. The third-order valence-corrected chi connectivity index (χ3v) is 11.1. The highest BCUT2D eigenvalue weighted by Gasteiger charge is 2.45. The molecule has 2 fully saturated rings. The summed E-state index contributed by atoms with van der Waals surface area (Å²) in [7, 11) is 6.97. The van der Waals surface area contributed by atoms with Crippen molar-refractivity contribution in [3.8, 4) is 45.2 Å². The van der Waals surface area contributed by atoms with Gasteiger partial charge in [-0.05, 0) is 56.1 Å². The normalized spacial score (nSPS) is 16.2. The summed E-state index contributed by atoms with van der Waals surface area (Å²) in [4.78, 5) is 15.8. The van der Waals surface area contributed by atoms with Crippen LogP contribution < -0.4 is 14.2 Å². The van der Waals surface area contributed by atoms with Gasteiger partial charge in [0.2, 0.25) is 0 Å². The van der Waals surface area contributed by atoms with Gasteiger partial charge in [-0.25, -0.2) is 9.07 Å². The standard InChI is InChI=1S/C41H44ClFN4O6/c1-41(40(48)49)23-46(24-41)22-32-34(43)16-25(17-36(32)50-3)28-8-6-10-30(39(28)42)29-9-7-11-35-31(29)20-44-47(35)27-18-37(51-4)33(38(19-27)52-5)21-45(2)26-12-14-53-15-13-26/h6-11,16-20,26H,12-15,21-24H2,1-5H3,(H,48,49). The summed E-state index contributed by atoms with van der Waals surface area (Å²) < 4.78 is 40.7. The lowest BCUT2D eigenvalue weighted by Crippen LogP contribution is -2.58. The van der Waals surface area contributed by atoms with Crippen molar-refractivity contribution < 1.29 is 33.2 Å². The number of rotatable bonds is 12. The average Bonchev–Trinajstić information content (AvgIpc) is 3.59. The third kappa shape index (κ3) is 6.94. The van der Waals surface area contributed by atoms with Gasteiger partial charge < -0.3 is 24.1 Å². The zero-order valence-electron chi connectivity index (χ0n) is 30.6. The minimum Gasteiger partial charge on any atom is -0.496 e. The molecule has 0 atom stereocenters. The number of carbonyl (C=O) groups is 1. The summed E-state index contributed by atoms with van der Waals surface area (Å²) in [6.45, 7) is 4.81. The molecule has 7 rings (SSSR count). The molecule has 0 unspecified atom stereocenters. The molecule has 0 aliphatic carbocycles. The summed E-state index contributed by atoms with van der Waals surface area (Å²) >= 11 is 7.16. The van der Waals surface area contributed by atoms with E-state index in [1.165, 1.54) is 13.2 Å². The highest BCUT2D eigenvalue weighted by molar-refractivity contribution is 6.36. The third-order valence-electron chi connectivity index (χ3n) is 10.7. The number of hydrogen-bond donors (Lipinski definition) is 1. The molecule has 0 saturated carbocycles. The molecule has 0 bridgehead atoms. The SMILES string of the molecule is COc1cc(-c2cccc(-c3cccc4c3cnn4-c3cc(OC)c(CN(C)C4CCOCC4)c(OC)c3)c2Cl)cc(F)c1CN1CC(C)(C(=O)O)C1. The van der Waals surface area contributed by atoms with E-state index in [4.69, 9.17) is 35.6 Å². The summed E-state index contributed by atoms with van der Waals surface area (Å²) in [5.74, 6) is 0.506. The number of benzene rings is 4. The van der Waals surface area contributed by atoms with Gasteiger partial charge in [0, 0.05) is 79.6 Å². The first kappa shape index (κ1) is 36.7. The monoisotopic (exact) mass is 742 g/mol. The fraction of sp³-hybridized carbons (Fsp3) is 0.366. The van der Waals surface area contributed by atoms with E-state index in [1.54, 1.807) is 27.2 Å². The van der Waals surface area contributed by atoms with E-state index in [1.807, 2.05) is 64.3 Å². The second kappa shape index (κ2) is 15.0.